The fraction of sp³-hybridized carbons (Fsp3) is 0.300. The Morgan fingerprint density at radius 1 is 0.904 bits per heavy atom. The third-order valence-corrected chi connectivity index (χ3v) is 13.7. The number of aromatic amines is 1. The zero-order valence-corrected chi connectivity index (χ0v) is 30.0. The first-order chi connectivity index (χ1) is 25.3. The Labute approximate surface area is 307 Å². The van der Waals surface area contributed by atoms with E-state index in [0.29, 0.717) is 35.2 Å². The normalized spacial score (nSPS) is 25.5. The van der Waals surface area contributed by atoms with Gasteiger partial charge in [-0.05, 0) is 84.5 Å². The van der Waals surface area contributed by atoms with E-state index in [1.165, 1.54) is 16.2 Å². The Hall–Kier alpha value is -5.07. The van der Waals surface area contributed by atoms with Crippen LogP contribution in [-0.2, 0) is 14.4 Å². The van der Waals surface area contributed by atoms with Gasteiger partial charge in [0.15, 0.2) is 18.1 Å². The fourth-order valence-corrected chi connectivity index (χ4v) is 12.0. The van der Waals surface area contributed by atoms with Crippen molar-refractivity contribution in [3.63, 3.8) is 0 Å². The molecule has 0 radical (unpaired) electrons. The van der Waals surface area contributed by atoms with E-state index < -0.39 is 11.8 Å². The summed E-state index contributed by atoms with van der Waals surface area (Å²) in [4.78, 5) is 59.2. The van der Waals surface area contributed by atoms with Gasteiger partial charge in [-0.3, -0.25) is 24.1 Å². The lowest BCUT2D eigenvalue weighted by Crippen LogP contribution is -2.42. The molecule has 264 valence electrons. The molecule has 1 saturated heterocycles. The lowest BCUT2D eigenvalue weighted by atomic mass is 9.68. The van der Waals surface area contributed by atoms with Crippen molar-refractivity contribution in [3.8, 4) is 17.2 Å². The second kappa shape index (κ2) is 12.9. The molecule has 2 bridgehead atoms. The summed E-state index contributed by atoms with van der Waals surface area (Å²) in [5.74, 6) is -0.0267. The lowest BCUT2D eigenvalue weighted by Gasteiger charge is -2.43. The highest BCUT2D eigenvalue weighted by Crippen LogP contribution is 2.69. The van der Waals surface area contributed by atoms with E-state index >= 15 is 0 Å². The molecule has 1 aromatic heterocycles. The monoisotopic (exact) mass is 733 g/mol. The number of imide groups is 1. The van der Waals surface area contributed by atoms with Gasteiger partial charge < -0.3 is 24.5 Å². The van der Waals surface area contributed by atoms with Gasteiger partial charge in [0.25, 0.3) is 5.91 Å². The highest BCUT2D eigenvalue weighted by atomic mass is 32.2. The van der Waals surface area contributed by atoms with Crippen molar-refractivity contribution >= 4 is 63.0 Å². The van der Waals surface area contributed by atoms with Gasteiger partial charge in [0.1, 0.15) is 5.75 Å². The average molecular weight is 734 g/mol. The number of amides is 3. The van der Waals surface area contributed by atoms with Gasteiger partial charge in [-0.25, -0.2) is 0 Å². The first kappa shape index (κ1) is 32.8. The number of hydrogen-bond acceptors (Lipinski definition) is 9. The average Bonchev–Trinajstić information content (AvgIpc) is 3.90. The molecular formula is C40H35N3O7S2. The predicted octanol–water partition coefficient (Wildman–Crippen LogP) is 6.69. The van der Waals surface area contributed by atoms with Crippen LogP contribution in [0.2, 0.25) is 0 Å². The zero-order chi connectivity index (χ0) is 35.7. The quantitative estimate of drug-likeness (QED) is 0.161. The minimum atomic E-state index is -0.421. The minimum absolute atomic E-state index is 0.00188. The number of nitrogens with zero attached hydrogens (tertiary/aromatic N) is 1. The van der Waals surface area contributed by atoms with Crippen molar-refractivity contribution in [2.75, 3.05) is 30.5 Å². The van der Waals surface area contributed by atoms with Crippen LogP contribution in [0.15, 0.2) is 94.7 Å². The second-order valence-corrected chi connectivity index (χ2v) is 15.9. The van der Waals surface area contributed by atoms with Crippen LogP contribution in [0.25, 0.3) is 10.8 Å². The molecule has 2 aliphatic carbocycles. The summed E-state index contributed by atoms with van der Waals surface area (Å²) in [6, 6.07) is 26.4. The number of nitrogens with one attached hydrogen (secondary N) is 2. The van der Waals surface area contributed by atoms with Crippen LogP contribution in [0.1, 0.15) is 29.7 Å². The van der Waals surface area contributed by atoms with Gasteiger partial charge >= 0.3 is 4.87 Å². The summed E-state index contributed by atoms with van der Waals surface area (Å²) >= 11 is 2.86. The Morgan fingerprint density at radius 2 is 1.67 bits per heavy atom. The largest absolute Gasteiger partial charge is 0.497 e. The van der Waals surface area contributed by atoms with Crippen LogP contribution >= 0.6 is 23.1 Å². The number of benzene rings is 4. The van der Waals surface area contributed by atoms with Crippen LogP contribution in [0, 0.1) is 29.6 Å². The second-order valence-electron chi connectivity index (χ2n) is 13.7. The van der Waals surface area contributed by atoms with Crippen molar-refractivity contribution in [2.45, 2.75) is 29.5 Å². The van der Waals surface area contributed by atoms with Crippen LogP contribution < -0.4 is 29.3 Å². The van der Waals surface area contributed by atoms with E-state index in [1.54, 1.807) is 43.1 Å². The molecule has 2 N–H and O–H groups in total. The number of rotatable bonds is 9. The molecule has 0 unspecified atom stereocenters. The molecule has 2 saturated carbocycles. The zero-order valence-electron chi connectivity index (χ0n) is 28.4. The van der Waals surface area contributed by atoms with Crippen molar-refractivity contribution in [1.82, 2.24) is 4.98 Å². The van der Waals surface area contributed by atoms with Gasteiger partial charge in [0, 0.05) is 27.1 Å². The number of methoxy groups -OCH3 is 1. The molecule has 5 aromatic rings. The molecule has 9 rings (SSSR count). The Bertz CT molecular complexity index is 2300. The number of H-pyrrole nitrogens is 1. The number of thioether (sulfide) groups is 1. The summed E-state index contributed by atoms with van der Waals surface area (Å²) in [5.41, 5.74) is 2.21. The molecule has 10 nitrogen and oxygen atoms in total. The molecule has 4 aromatic carbocycles. The van der Waals surface area contributed by atoms with Crippen LogP contribution in [0.5, 0.6) is 17.2 Å². The molecule has 2 aliphatic heterocycles. The van der Waals surface area contributed by atoms with E-state index in [4.69, 9.17) is 14.2 Å². The van der Waals surface area contributed by atoms with Gasteiger partial charge in [0.2, 0.25) is 11.8 Å². The molecule has 0 spiro atoms. The summed E-state index contributed by atoms with van der Waals surface area (Å²) in [5, 5.41) is 5.81. The Kier molecular flexibility index (Phi) is 8.11. The van der Waals surface area contributed by atoms with Crippen molar-refractivity contribution in [1.29, 1.82) is 0 Å². The van der Waals surface area contributed by atoms with E-state index in [9.17, 15) is 19.2 Å². The van der Waals surface area contributed by atoms with Crippen molar-refractivity contribution in [3.05, 3.63) is 105 Å². The SMILES string of the molecule is CCOc1cc([C@@H]2c3sc(=O)[nH]c3S[C@@H]3[C@@H]4C[C@@H]([C@@H]5C(=O)N(c6ccc(OC)cc6)C(=O)[C@@H]45)[C@H]23)ccc1OCC(=O)Nc1cccc2ccccc12. The smallest absolute Gasteiger partial charge is 0.305 e. The molecule has 3 heterocycles. The first-order valence-electron chi connectivity index (χ1n) is 17.4. The number of ether oxygens (including phenoxy) is 3. The molecule has 7 atom stereocenters. The van der Waals surface area contributed by atoms with Crippen molar-refractivity contribution < 1.29 is 28.6 Å². The third kappa shape index (κ3) is 5.22. The predicted molar refractivity (Wildman–Crippen MR) is 200 cm³/mol. The van der Waals surface area contributed by atoms with Gasteiger partial charge in [0.05, 0.1) is 36.3 Å². The number of aromatic nitrogens is 1. The number of anilines is 2. The topological polar surface area (TPSA) is 127 Å². The summed E-state index contributed by atoms with van der Waals surface area (Å²) in [7, 11) is 1.58. The summed E-state index contributed by atoms with van der Waals surface area (Å²) in [6.07, 6.45) is 0.784. The van der Waals surface area contributed by atoms with E-state index in [2.05, 4.69) is 10.3 Å². The Balaban J connectivity index is 1.01. The Morgan fingerprint density at radius 3 is 2.46 bits per heavy atom. The first-order valence-corrected chi connectivity index (χ1v) is 19.1. The standard InChI is InChI=1S/C40H35N3O7S2/c1-3-49-29-17-21(11-16-28(29)50-19-30(44)41-27-10-6-8-20-7-4-5-9-24(20)27)31-32-25-18-26(35(32)51-37-36(31)52-40(47)42-37)34-33(25)38(45)43(39(34)46)22-12-14-23(48-2)15-13-22/h4-17,25-26,31-35H,3,18-19H2,1-2H3,(H,41,44)(H,42,47)/t25-,26-,31+,32-,33+,34+,35-/m1/s1. The van der Waals surface area contributed by atoms with E-state index in [1.807, 2.05) is 67.6 Å². The number of hydrogen-bond donors (Lipinski definition) is 2. The maximum Gasteiger partial charge on any atom is 0.305 e. The van der Waals surface area contributed by atoms with Gasteiger partial charge in [-0.1, -0.05) is 53.8 Å². The van der Waals surface area contributed by atoms with E-state index in [0.717, 1.165) is 32.7 Å². The molecule has 4 aliphatic rings. The minimum Gasteiger partial charge on any atom is -0.497 e. The van der Waals surface area contributed by atoms with Gasteiger partial charge in [-0.15, -0.1) is 11.8 Å². The van der Waals surface area contributed by atoms with Crippen LogP contribution in [0.4, 0.5) is 11.4 Å². The summed E-state index contributed by atoms with van der Waals surface area (Å²) in [6.45, 7) is 2.05. The lowest BCUT2D eigenvalue weighted by molar-refractivity contribution is -0.123. The highest BCUT2D eigenvalue weighted by molar-refractivity contribution is 8.00. The maximum atomic E-state index is 14.1. The fourth-order valence-electron chi connectivity index (χ4n) is 9.15. The van der Waals surface area contributed by atoms with E-state index in [-0.39, 0.29) is 58.1 Å². The number of fused-ring (bicyclic) bond motifs is 10. The van der Waals surface area contributed by atoms with Crippen molar-refractivity contribution in [2.24, 2.45) is 29.6 Å². The maximum absolute atomic E-state index is 14.1. The number of thiazole rings is 1. The molecular weight excluding hydrogens is 699 g/mol. The molecule has 3 fully saturated rings. The number of carbonyl (C=O) groups excluding carboxylic acids is 3. The molecule has 12 heteroatoms. The molecule has 3 amide bonds. The third-order valence-electron chi connectivity index (χ3n) is 11.1. The van der Waals surface area contributed by atoms with Gasteiger partial charge in [-0.2, -0.15) is 0 Å². The van der Waals surface area contributed by atoms with Crippen LogP contribution in [0.3, 0.4) is 0 Å². The highest BCUT2D eigenvalue weighted by Gasteiger charge is 2.69. The van der Waals surface area contributed by atoms with Crippen LogP contribution in [-0.4, -0.2) is 48.3 Å². The molecule has 52 heavy (non-hydrogen) atoms. The number of carbonyl (C=O) groups is 3. The summed E-state index contributed by atoms with van der Waals surface area (Å²) < 4.78 is 17.4.